The van der Waals surface area contributed by atoms with Crippen LogP contribution in [0.1, 0.15) is 103 Å². The van der Waals surface area contributed by atoms with Crippen molar-refractivity contribution in [1.82, 2.24) is 9.88 Å². The van der Waals surface area contributed by atoms with Crippen LogP contribution in [0.25, 0.3) is 10.9 Å². The second-order valence-electron chi connectivity index (χ2n) is 19.1. The minimum Gasteiger partial charge on any atom is -0.492 e. The summed E-state index contributed by atoms with van der Waals surface area (Å²) in [6, 6.07) is 6.35. The van der Waals surface area contributed by atoms with Crippen LogP contribution in [0.3, 0.4) is 0 Å². The fourth-order valence-electron chi connectivity index (χ4n) is 12.0. The first-order chi connectivity index (χ1) is 31.0. The van der Waals surface area contributed by atoms with Gasteiger partial charge in [0.1, 0.15) is 16.9 Å². The molecule has 2 aromatic carbocycles. The van der Waals surface area contributed by atoms with Crippen molar-refractivity contribution in [1.29, 1.82) is 0 Å². The van der Waals surface area contributed by atoms with Gasteiger partial charge in [0.25, 0.3) is 0 Å². The molecule has 8 atom stereocenters. The maximum absolute atomic E-state index is 15.8. The average Bonchev–Trinajstić information content (AvgIpc) is 4.09. The first kappa shape index (κ1) is 44.5. The van der Waals surface area contributed by atoms with Crippen LogP contribution in [0, 0.1) is 34.4 Å². The number of nitrogens with zero attached hydrogens (tertiary/aromatic N) is 2. The number of rotatable bonds is 11. The fraction of sp³-hybridized carbons (Fsp3) is 0.510. The molecule has 0 spiro atoms. The van der Waals surface area contributed by atoms with Crippen molar-refractivity contribution < 1.29 is 57.5 Å². The summed E-state index contributed by atoms with van der Waals surface area (Å²) >= 11 is 0. The number of Topliss-reactive ketones (excluding diaryl/α,β-unsaturated/α-hetero) is 1. The third-order valence-corrected chi connectivity index (χ3v) is 15.4. The summed E-state index contributed by atoms with van der Waals surface area (Å²) in [5.74, 6) is -4.24. The third-order valence-electron chi connectivity index (χ3n) is 15.4. The number of ether oxygens (including phenoxy) is 4. The molecule has 9 rings (SSSR count). The number of esters is 3. The number of methoxy groups -OCH3 is 1. The molecule has 3 N–H and O–H groups in total. The quantitative estimate of drug-likeness (QED) is 0.172. The summed E-state index contributed by atoms with van der Waals surface area (Å²) in [5, 5.41) is 27.0. The van der Waals surface area contributed by atoms with E-state index in [0.29, 0.717) is 38.0 Å². The Kier molecular flexibility index (Phi) is 11.4. The third kappa shape index (κ3) is 7.47. The van der Waals surface area contributed by atoms with E-state index in [1.807, 2.05) is 24.8 Å². The summed E-state index contributed by atoms with van der Waals surface area (Å²) in [5.41, 5.74) is -2.77. The van der Waals surface area contributed by atoms with Crippen molar-refractivity contribution in [3.63, 3.8) is 0 Å². The number of fused-ring (bicyclic) bond motifs is 6. The number of benzene rings is 2. The van der Waals surface area contributed by atoms with Crippen LogP contribution in [0.2, 0.25) is 0 Å². The Hall–Kier alpha value is -5.71. The number of allylic oxidation sites excluding steroid dienone is 4. The lowest BCUT2D eigenvalue weighted by Gasteiger charge is -2.59. The van der Waals surface area contributed by atoms with Crippen LogP contribution in [0.4, 0.5) is 10.1 Å². The maximum atomic E-state index is 15.8. The number of anilines is 1. The molecule has 1 aromatic heterocycles. The number of carbonyl (C=O) groups excluding carboxylic acids is 5. The monoisotopic (exact) mass is 895 g/mol. The molecule has 15 nitrogen and oxygen atoms in total. The Bertz CT molecular complexity index is 2620. The van der Waals surface area contributed by atoms with E-state index in [9.17, 15) is 39.0 Å². The van der Waals surface area contributed by atoms with Gasteiger partial charge in [-0.3, -0.25) is 14.4 Å². The number of ketones is 2. The summed E-state index contributed by atoms with van der Waals surface area (Å²) in [6.45, 7) is 6.04. The topological polar surface area (TPSA) is 200 Å². The van der Waals surface area contributed by atoms with Crippen LogP contribution in [0.15, 0.2) is 65.1 Å². The van der Waals surface area contributed by atoms with Gasteiger partial charge in [0.05, 0.1) is 35.2 Å². The number of carbonyl (C=O) groups is 5. The van der Waals surface area contributed by atoms with Crippen molar-refractivity contribution in [3.05, 3.63) is 93.1 Å². The molecule has 2 heterocycles. The molecule has 0 amide bonds. The molecule has 4 unspecified atom stereocenters. The first-order valence-corrected chi connectivity index (χ1v) is 22.4. The van der Waals surface area contributed by atoms with Crippen LogP contribution in [-0.2, 0) is 23.8 Å². The zero-order valence-corrected chi connectivity index (χ0v) is 36.9. The Morgan fingerprint density at radius 1 is 0.969 bits per heavy atom. The second-order valence-corrected chi connectivity index (χ2v) is 19.1. The summed E-state index contributed by atoms with van der Waals surface area (Å²) in [6.07, 6.45) is 9.55. The zero-order valence-electron chi connectivity index (χ0n) is 36.9. The fourth-order valence-corrected chi connectivity index (χ4v) is 12.0. The van der Waals surface area contributed by atoms with Gasteiger partial charge in [-0.15, -0.1) is 0 Å². The lowest BCUT2D eigenvalue weighted by Crippen LogP contribution is -2.61. The van der Waals surface area contributed by atoms with Crippen LogP contribution in [-0.4, -0.2) is 102 Å². The number of pyridine rings is 1. The number of nitrogens with one attached hydrogen (secondary N) is 1. The smallest absolute Gasteiger partial charge is 0.346 e. The van der Waals surface area contributed by atoms with E-state index in [1.54, 1.807) is 16.7 Å². The van der Waals surface area contributed by atoms with Gasteiger partial charge in [-0.1, -0.05) is 25.5 Å². The summed E-state index contributed by atoms with van der Waals surface area (Å²) < 4.78 is 39.1. The van der Waals surface area contributed by atoms with Gasteiger partial charge in [-0.25, -0.2) is 18.8 Å². The molecule has 3 aromatic rings. The molecule has 4 saturated carbocycles. The molecule has 65 heavy (non-hydrogen) atoms. The molecule has 6 aliphatic rings. The largest absolute Gasteiger partial charge is 0.492 e. The van der Waals surface area contributed by atoms with Gasteiger partial charge in [-0.05, 0) is 106 Å². The Morgan fingerprint density at radius 2 is 1.66 bits per heavy atom. The Morgan fingerprint density at radius 3 is 2.34 bits per heavy atom. The van der Waals surface area contributed by atoms with Gasteiger partial charge < -0.3 is 43.9 Å². The predicted octanol–water partition coefficient (Wildman–Crippen LogP) is 4.99. The molecule has 5 aliphatic carbocycles. The lowest BCUT2D eigenvalue weighted by atomic mass is 9.46. The van der Waals surface area contributed by atoms with Crippen molar-refractivity contribution in [2.45, 2.75) is 89.5 Å². The van der Waals surface area contributed by atoms with Gasteiger partial charge in [0.2, 0.25) is 18.0 Å². The van der Waals surface area contributed by atoms with Crippen molar-refractivity contribution in [2.75, 3.05) is 45.0 Å². The van der Waals surface area contributed by atoms with Gasteiger partial charge >= 0.3 is 17.9 Å². The second kappa shape index (κ2) is 16.6. The first-order valence-electron chi connectivity index (χ1n) is 22.4. The van der Waals surface area contributed by atoms with E-state index >= 15 is 4.39 Å². The van der Waals surface area contributed by atoms with Crippen LogP contribution >= 0.6 is 0 Å². The highest BCUT2D eigenvalue weighted by molar-refractivity contribution is 6.01. The average molecular weight is 896 g/mol. The number of hydrogen-bond donors (Lipinski definition) is 3. The van der Waals surface area contributed by atoms with E-state index in [2.05, 4.69) is 12.2 Å². The highest BCUT2D eigenvalue weighted by Crippen LogP contribution is 2.67. The van der Waals surface area contributed by atoms with E-state index in [-0.39, 0.29) is 82.0 Å². The molecule has 344 valence electrons. The Balaban J connectivity index is 0.812. The van der Waals surface area contributed by atoms with Crippen molar-refractivity contribution in [3.8, 4) is 5.75 Å². The number of aliphatic hydroxyl groups excluding tert-OH is 1. The lowest BCUT2D eigenvalue weighted by molar-refractivity contribution is -0.178. The summed E-state index contributed by atoms with van der Waals surface area (Å²) in [4.78, 5) is 80.8. The number of aliphatic hydroxyl groups is 2. The number of piperazine rings is 1. The van der Waals surface area contributed by atoms with Crippen molar-refractivity contribution in [2.24, 2.45) is 28.6 Å². The van der Waals surface area contributed by atoms with E-state index in [0.717, 1.165) is 30.9 Å². The number of halogens is 1. The van der Waals surface area contributed by atoms with Gasteiger partial charge in [0, 0.05) is 54.7 Å². The molecule has 5 fully saturated rings. The Labute approximate surface area is 374 Å². The molecule has 16 heteroatoms. The molecule has 0 radical (unpaired) electrons. The number of hydrogen-bond acceptors (Lipinski definition) is 14. The molecule has 1 aliphatic heterocycles. The van der Waals surface area contributed by atoms with E-state index in [4.69, 9.17) is 18.9 Å². The molecular formula is C49H54FN3O12. The molecule has 1 saturated heterocycles. The van der Waals surface area contributed by atoms with E-state index < -0.39 is 70.9 Å². The predicted molar refractivity (Wildman–Crippen MR) is 233 cm³/mol. The zero-order chi connectivity index (χ0) is 46.2. The summed E-state index contributed by atoms with van der Waals surface area (Å²) in [7, 11) is 1.42. The van der Waals surface area contributed by atoms with E-state index in [1.165, 1.54) is 37.6 Å². The minimum atomic E-state index is -1.84. The maximum Gasteiger partial charge on any atom is 0.346 e. The molecule has 0 bridgehead atoms. The van der Waals surface area contributed by atoms with Gasteiger partial charge in [-0.2, -0.15) is 0 Å². The highest BCUT2D eigenvalue weighted by Gasteiger charge is 2.68. The van der Waals surface area contributed by atoms with Gasteiger partial charge in [0.15, 0.2) is 24.0 Å². The normalized spacial score (nSPS) is 30.4. The van der Waals surface area contributed by atoms with Crippen LogP contribution in [0.5, 0.6) is 5.75 Å². The SMILES string of the molecule is COc1c(N2CCNC(C)C2)c(F)cc2c(=O)c(C(=O)OCOC(=O)c3ccc(C(=O)OCC(=O)[C@@]4(O)CCC5C6CCC7=CC(=O)C=C[C@]7(C)C6[C@@H](O)C[C@@]54C)cc3)cn(C3CC3)c12. The molecular weight excluding hydrogens is 842 g/mol. The minimum absolute atomic E-state index is 0.00406. The number of aromatic nitrogens is 1. The standard InChI is InChI=1S/C49H54FN3O12/c1-26-22-52(18-17-51-26)41-36(50)20-33-40(43(41)62-4)53(30-10-11-30)23-34(42(33)57)46(60)65-25-64-45(59)28-7-5-27(6-8-28)44(58)63-24-38(56)49(61)16-14-35-32-12-9-29-19-31(54)13-15-47(29,2)39(32)37(55)21-48(35,49)3/h5-8,13,15,19-20,23,26,30,32,35,37,39,51,55,61H,9-12,14,16-18,21-22,24-25H2,1-4H3/t26?,32?,35?,37-,39?,47-,48-,49-/m0/s1. The van der Waals surface area contributed by atoms with Crippen molar-refractivity contribution >= 4 is 46.1 Å². The van der Waals surface area contributed by atoms with Crippen LogP contribution < -0.4 is 20.4 Å². The highest BCUT2D eigenvalue weighted by atomic mass is 19.1.